The standard InChI is InChI=1S/C32H64N4/c1-3-5-7-9-11-13-17-33-21-27-35(28-22-33,29-23-33)19-15-16-20-36-30-24-34(25-31-36,26-32-36)18-14-12-10-8-6-4-2/h15-16H,3-14,17-32H2,1-2H3/q+4/b16-15+. The molecule has 4 bridgehead atoms. The van der Waals surface area contributed by atoms with Crippen LogP contribution >= 0.6 is 0 Å². The van der Waals surface area contributed by atoms with Gasteiger partial charge in [-0.3, -0.25) is 0 Å². The summed E-state index contributed by atoms with van der Waals surface area (Å²) in [6.07, 6.45) is 22.6. The summed E-state index contributed by atoms with van der Waals surface area (Å²) >= 11 is 0. The van der Waals surface area contributed by atoms with E-state index < -0.39 is 0 Å². The van der Waals surface area contributed by atoms with E-state index in [0.717, 1.165) is 0 Å². The molecule has 208 valence electrons. The molecule has 0 N–H and O–H groups in total. The van der Waals surface area contributed by atoms with Crippen LogP contribution in [0.25, 0.3) is 0 Å². The van der Waals surface area contributed by atoms with Crippen LogP contribution in [-0.2, 0) is 0 Å². The van der Waals surface area contributed by atoms with E-state index in [1.54, 1.807) is 0 Å². The van der Waals surface area contributed by atoms with E-state index in [0.29, 0.717) is 0 Å². The molecule has 6 heterocycles. The normalized spacial score (nSPS) is 35.7. The van der Waals surface area contributed by atoms with Gasteiger partial charge in [0.15, 0.2) is 0 Å². The summed E-state index contributed by atoms with van der Waals surface area (Å²) in [7, 11) is 0. The van der Waals surface area contributed by atoms with E-state index >= 15 is 0 Å². The Morgan fingerprint density at radius 3 is 0.972 bits per heavy atom. The minimum Gasteiger partial charge on any atom is -0.310 e. The minimum absolute atomic E-state index is 1.31. The summed E-state index contributed by atoms with van der Waals surface area (Å²) < 4.78 is 5.75. The Kier molecular flexibility index (Phi) is 10.8. The van der Waals surface area contributed by atoms with Crippen molar-refractivity contribution in [2.75, 3.05) is 105 Å². The zero-order valence-electron chi connectivity index (χ0n) is 24.7. The average Bonchev–Trinajstić information content (AvgIpc) is 2.93. The first-order valence-corrected chi connectivity index (χ1v) is 16.6. The Balaban J connectivity index is 1.11. The van der Waals surface area contributed by atoms with Crippen molar-refractivity contribution < 1.29 is 17.9 Å². The number of hydrogen-bond acceptors (Lipinski definition) is 0. The maximum absolute atomic E-state index is 2.62. The third kappa shape index (κ3) is 7.58. The van der Waals surface area contributed by atoms with Gasteiger partial charge in [0.1, 0.15) is 78.5 Å². The largest absolute Gasteiger partial charge is 0.310 e. The molecule has 4 heteroatoms. The lowest BCUT2D eigenvalue weighted by Gasteiger charge is -2.56. The molecule has 0 aromatic rings. The molecule has 6 saturated heterocycles. The third-order valence-corrected chi connectivity index (χ3v) is 11.4. The van der Waals surface area contributed by atoms with Gasteiger partial charge in [-0.15, -0.1) is 0 Å². The smallest absolute Gasteiger partial charge is 0.129 e. The molecule has 6 aliphatic rings. The maximum atomic E-state index is 2.62. The Labute approximate surface area is 225 Å². The second-order valence-electron chi connectivity index (χ2n) is 13.9. The van der Waals surface area contributed by atoms with Crippen molar-refractivity contribution in [3.63, 3.8) is 0 Å². The van der Waals surface area contributed by atoms with Crippen molar-refractivity contribution in [3.05, 3.63) is 12.2 Å². The third-order valence-electron chi connectivity index (χ3n) is 11.4. The highest BCUT2D eigenvalue weighted by Gasteiger charge is 2.49. The predicted octanol–water partition coefficient (Wildman–Crippen LogP) is 5.59. The van der Waals surface area contributed by atoms with Gasteiger partial charge in [-0.2, -0.15) is 0 Å². The van der Waals surface area contributed by atoms with Crippen LogP contribution in [0.15, 0.2) is 12.2 Å². The molecule has 0 radical (unpaired) electrons. The minimum atomic E-state index is 1.31. The fourth-order valence-corrected chi connectivity index (χ4v) is 8.16. The van der Waals surface area contributed by atoms with Gasteiger partial charge in [0.25, 0.3) is 0 Å². The van der Waals surface area contributed by atoms with Crippen molar-refractivity contribution in [2.24, 2.45) is 0 Å². The molecule has 0 amide bonds. The van der Waals surface area contributed by atoms with Gasteiger partial charge in [0.2, 0.25) is 0 Å². The summed E-state index contributed by atoms with van der Waals surface area (Å²) in [5.74, 6) is 0. The van der Waals surface area contributed by atoms with Crippen LogP contribution in [0, 0.1) is 0 Å². The van der Waals surface area contributed by atoms with Crippen LogP contribution in [0.5, 0.6) is 0 Å². The van der Waals surface area contributed by atoms with Crippen molar-refractivity contribution in [1.29, 1.82) is 0 Å². The summed E-state index contributed by atoms with van der Waals surface area (Å²) in [6, 6.07) is 0. The Hall–Kier alpha value is -0.420. The number of hydrogen-bond donors (Lipinski definition) is 0. The quantitative estimate of drug-likeness (QED) is 0.130. The van der Waals surface area contributed by atoms with Crippen LogP contribution in [-0.4, -0.2) is 123 Å². The highest BCUT2D eigenvalue weighted by atomic mass is 15.5. The number of quaternary nitrogens is 4. The summed E-state index contributed by atoms with van der Waals surface area (Å²) in [5, 5.41) is 0. The topological polar surface area (TPSA) is 0 Å². The number of nitrogens with zero attached hydrogens (tertiary/aromatic N) is 4. The van der Waals surface area contributed by atoms with Gasteiger partial charge >= 0.3 is 0 Å². The van der Waals surface area contributed by atoms with Crippen LogP contribution < -0.4 is 0 Å². The Bertz CT molecular complexity index is 566. The second kappa shape index (κ2) is 13.6. The van der Waals surface area contributed by atoms with Crippen LogP contribution in [0.3, 0.4) is 0 Å². The molecule has 6 fully saturated rings. The summed E-state index contributed by atoms with van der Waals surface area (Å²) in [5.41, 5.74) is 0. The van der Waals surface area contributed by atoms with E-state index in [4.69, 9.17) is 0 Å². The number of rotatable bonds is 18. The Morgan fingerprint density at radius 2 is 0.639 bits per heavy atom. The highest BCUT2D eigenvalue weighted by Crippen LogP contribution is 2.29. The van der Waals surface area contributed by atoms with Crippen molar-refractivity contribution in [2.45, 2.75) is 90.9 Å². The first kappa shape index (κ1) is 28.6. The molecule has 6 rings (SSSR count). The van der Waals surface area contributed by atoms with E-state index in [-0.39, 0.29) is 0 Å². The predicted molar refractivity (Wildman–Crippen MR) is 155 cm³/mol. The van der Waals surface area contributed by atoms with Gasteiger partial charge in [-0.05, 0) is 37.8 Å². The molecule has 0 unspecified atom stereocenters. The zero-order chi connectivity index (χ0) is 25.2. The molecule has 0 aliphatic carbocycles. The van der Waals surface area contributed by atoms with Gasteiger partial charge in [-0.1, -0.05) is 65.2 Å². The Morgan fingerprint density at radius 1 is 0.361 bits per heavy atom. The first-order chi connectivity index (χ1) is 17.6. The monoisotopic (exact) mass is 505 g/mol. The van der Waals surface area contributed by atoms with Crippen LogP contribution in [0.1, 0.15) is 90.9 Å². The van der Waals surface area contributed by atoms with E-state index in [2.05, 4.69) is 26.0 Å². The molecule has 4 nitrogen and oxygen atoms in total. The number of fused-ring (bicyclic) bond motifs is 6. The molecule has 36 heavy (non-hydrogen) atoms. The van der Waals surface area contributed by atoms with Gasteiger partial charge < -0.3 is 17.9 Å². The lowest BCUT2D eigenvalue weighted by molar-refractivity contribution is -1.08. The molecule has 0 saturated carbocycles. The van der Waals surface area contributed by atoms with Gasteiger partial charge in [0, 0.05) is 0 Å². The average molecular weight is 505 g/mol. The van der Waals surface area contributed by atoms with Gasteiger partial charge in [0.05, 0.1) is 26.2 Å². The molecular formula is C32H64N4+4. The SMILES string of the molecule is CCCCCCCC[N+]12CC[N+](C/C=C/C[N+]34CC[N+](CCCCCCCC)(CC3)CC4)(CC1)CC2. The molecule has 0 spiro atoms. The fraction of sp³-hybridized carbons (Fsp3) is 0.938. The molecule has 0 atom stereocenters. The maximum Gasteiger partial charge on any atom is 0.129 e. The number of piperazine rings is 6. The number of unbranched alkanes of at least 4 members (excludes halogenated alkanes) is 10. The molecule has 6 aliphatic heterocycles. The second-order valence-corrected chi connectivity index (χ2v) is 13.9. The lowest BCUT2D eigenvalue weighted by Crippen LogP contribution is -2.75. The fourth-order valence-electron chi connectivity index (χ4n) is 8.16. The zero-order valence-corrected chi connectivity index (χ0v) is 24.7. The van der Waals surface area contributed by atoms with Crippen LogP contribution in [0.4, 0.5) is 0 Å². The lowest BCUT2D eigenvalue weighted by atomic mass is 10.0. The molecular weight excluding hydrogens is 440 g/mol. The van der Waals surface area contributed by atoms with E-state index in [1.165, 1.54) is 200 Å². The van der Waals surface area contributed by atoms with Crippen molar-refractivity contribution in [3.8, 4) is 0 Å². The molecule has 0 aromatic heterocycles. The molecule has 0 aromatic carbocycles. The van der Waals surface area contributed by atoms with E-state index in [9.17, 15) is 0 Å². The van der Waals surface area contributed by atoms with Crippen molar-refractivity contribution >= 4 is 0 Å². The van der Waals surface area contributed by atoms with Crippen LogP contribution in [0.2, 0.25) is 0 Å². The van der Waals surface area contributed by atoms with Crippen molar-refractivity contribution in [1.82, 2.24) is 0 Å². The van der Waals surface area contributed by atoms with E-state index in [1.807, 2.05) is 0 Å². The first-order valence-electron chi connectivity index (χ1n) is 16.6. The van der Waals surface area contributed by atoms with Gasteiger partial charge in [-0.25, -0.2) is 0 Å². The summed E-state index contributed by atoms with van der Waals surface area (Å²) in [6.45, 7) is 27.6. The summed E-state index contributed by atoms with van der Waals surface area (Å²) in [4.78, 5) is 0. The highest BCUT2D eigenvalue weighted by molar-refractivity contribution is 4.84.